The van der Waals surface area contributed by atoms with Gasteiger partial charge in [0.05, 0.1) is 30.9 Å². The van der Waals surface area contributed by atoms with E-state index in [1.54, 1.807) is 56.6 Å². The highest BCUT2D eigenvalue weighted by atomic mass is 32.2. The van der Waals surface area contributed by atoms with E-state index in [1.165, 1.54) is 16.3 Å². The number of pyridine rings is 1. The molecular weight excluding hydrogens is 464 g/mol. The number of carbonyl (C=O) groups excluding carboxylic acids is 1. The summed E-state index contributed by atoms with van der Waals surface area (Å²) in [5, 5.41) is 0.911. The molecule has 0 saturated heterocycles. The minimum atomic E-state index is -0.222. The summed E-state index contributed by atoms with van der Waals surface area (Å²) in [4.78, 5) is 37.0. The van der Waals surface area contributed by atoms with E-state index >= 15 is 0 Å². The van der Waals surface area contributed by atoms with Gasteiger partial charge in [-0.15, -0.1) is 0 Å². The second kappa shape index (κ2) is 10.6. The summed E-state index contributed by atoms with van der Waals surface area (Å²) in [5.41, 5.74) is 2.25. The number of hydrogen-bond donors (Lipinski definition) is 0. The number of aromatic nitrogens is 3. The SMILES string of the molecule is COc1ccc(CN(C)C(=O)CSc2nc3ccccc3c(=O)n2-c2ccc(C)cn2)cc1OC. The number of rotatable bonds is 8. The Morgan fingerprint density at radius 2 is 1.83 bits per heavy atom. The number of benzene rings is 2. The average Bonchev–Trinajstić information content (AvgIpc) is 2.88. The number of methoxy groups -OCH3 is 2. The van der Waals surface area contributed by atoms with E-state index in [-0.39, 0.29) is 17.2 Å². The molecule has 2 aromatic heterocycles. The van der Waals surface area contributed by atoms with E-state index in [1.807, 2.05) is 37.3 Å². The fourth-order valence-electron chi connectivity index (χ4n) is 3.58. The van der Waals surface area contributed by atoms with E-state index in [0.717, 1.165) is 11.1 Å². The van der Waals surface area contributed by atoms with Crippen molar-refractivity contribution in [2.24, 2.45) is 0 Å². The zero-order valence-corrected chi connectivity index (χ0v) is 20.8. The van der Waals surface area contributed by atoms with Crippen LogP contribution in [0, 0.1) is 6.92 Å². The second-order valence-corrected chi connectivity index (χ2v) is 8.92. The Kier molecular flexibility index (Phi) is 7.36. The fourth-order valence-corrected chi connectivity index (χ4v) is 4.52. The van der Waals surface area contributed by atoms with Crippen LogP contribution in [0.3, 0.4) is 0 Å². The van der Waals surface area contributed by atoms with Crippen LogP contribution in [0.2, 0.25) is 0 Å². The molecule has 0 N–H and O–H groups in total. The highest BCUT2D eigenvalue weighted by Crippen LogP contribution is 2.28. The van der Waals surface area contributed by atoms with Gasteiger partial charge in [0.1, 0.15) is 5.82 Å². The Balaban J connectivity index is 1.57. The van der Waals surface area contributed by atoms with Crippen molar-refractivity contribution in [3.63, 3.8) is 0 Å². The van der Waals surface area contributed by atoms with E-state index in [9.17, 15) is 9.59 Å². The van der Waals surface area contributed by atoms with Gasteiger partial charge in [-0.2, -0.15) is 0 Å². The molecule has 0 saturated carbocycles. The molecule has 2 heterocycles. The summed E-state index contributed by atoms with van der Waals surface area (Å²) in [6, 6.07) is 16.4. The van der Waals surface area contributed by atoms with Crippen LogP contribution in [0.4, 0.5) is 0 Å². The molecule has 0 atom stereocenters. The van der Waals surface area contributed by atoms with Gasteiger partial charge in [-0.05, 0) is 48.4 Å². The second-order valence-electron chi connectivity index (χ2n) is 7.97. The first-order valence-corrected chi connectivity index (χ1v) is 11.9. The van der Waals surface area contributed by atoms with Crippen LogP contribution in [-0.2, 0) is 11.3 Å². The number of para-hydroxylation sites is 1. The number of fused-ring (bicyclic) bond motifs is 1. The molecule has 8 nitrogen and oxygen atoms in total. The van der Waals surface area contributed by atoms with Crippen molar-refractivity contribution < 1.29 is 14.3 Å². The molecule has 0 unspecified atom stereocenters. The maximum Gasteiger partial charge on any atom is 0.267 e. The monoisotopic (exact) mass is 490 g/mol. The predicted molar refractivity (Wildman–Crippen MR) is 137 cm³/mol. The molecule has 0 aliphatic carbocycles. The Labute approximate surface area is 207 Å². The first-order chi connectivity index (χ1) is 16.9. The fraction of sp³-hybridized carbons (Fsp3) is 0.231. The normalized spacial score (nSPS) is 10.9. The van der Waals surface area contributed by atoms with Gasteiger partial charge in [0.2, 0.25) is 5.91 Å². The van der Waals surface area contributed by atoms with Crippen LogP contribution < -0.4 is 15.0 Å². The van der Waals surface area contributed by atoms with Crippen molar-refractivity contribution in [2.75, 3.05) is 27.0 Å². The molecule has 180 valence electrons. The smallest absolute Gasteiger partial charge is 0.267 e. The quantitative estimate of drug-likeness (QED) is 0.274. The van der Waals surface area contributed by atoms with Crippen LogP contribution in [-0.4, -0.2) is 52.4 Å². The third-order valence-corrected chi connectivity index (χ3v) is 6.41. The number of aryl methyl sites for hydroxylation is 1. The number of ether oxygens (including phenoxy) is 2. The third kappa shape index (κ3) is 5.30. The van der Waals surface area contributed by atoms with Crippen molar-refractivity contribution in [3.8, 4) is 17.3 Å². The molecular formula is C26H26N4O4S. The van der Waals surface area contributed by atoms with Gasteiger partial charge in [-0.3, -0.25) is 9.59 Å². The van der Waals surface area contributed by atoms with Gasteiger partial charge in [0, 0.05) is 19.8 Å². The lowest BCUT2D eigenvalue weighted by Crippen LogP contribution is -2.28. The zero-order valence-electron chi connectivity index (χ0n) is 20.0. The standard InChI is InChI=1S/C26H26N4O4S/c1-17-9-12-23(27-14-17)30-25(32)19-7-5-6-8-20(19)28-26(30)35-16-24(31)29(2)15-18-10-11-21(33-3)22(13-18)34-4/h5-14H,15-16H2,1-4H3. The van der Waals surface area contributed by atoms with Crippen molar-refractivity contribution >= 4 is 28.6 Å². The van der Waals surface area contributed by atoms with Gasteiger partial charge in [-0.25, -0.2) is 14.5 Å². The minimum absolute atomic E-state index is 0.101. The van der Waals surface area contributed by atoms with Crippen LogP contribution >= 0.6 is 11.8 Å². The lowest BCUT2D eigenvalue weighted by atomic mass is 10.2. The van der Waals surface area contributed by atoms with Crippen molar-refractivity contribution in [3.05, 3.63) is 82.3 Å². The molecule has 0 radical (unpaired) electrons. The highest BCUT2D eigenvalue weighted by Gasteiger charge is 2.17. The Morgan fingerprint density at radius 1 is 1.06 bits per heavy atom. The maximum atomic E-state index is 13.3. The van der Waals surface area contributed by atoms with Crippen LogP contribution in [0.1, 0.15) is 11.1 Å². The Morgan fingerprint density at radius 3 is 2.54 bits per heavy atom. The van der Waals surface area contributed by atoms with Gasteiger partial charge in [-0.1, -0.05) is 36.0 Å². The molecule has 4 rings (SSSR count). The predicted octanol–water partition coefficient (Wildman–Crippen LogP) is 3.86. The Bertz CT molecular complexity index is 1420. The summed E-state index contributed by atoms with van der Waals surface area (Å²) in [6.45, 7) is 2.33. The number of nitrogens with zero attached hydrogens (tertiary/aromatic N) is 4. The summed E-state index contributed by atoms with van der Waals surface area (Å²) in [7, 11) is 4.89. The molecule has 0 fully saturated rings. The highest BCUT2D eigenvalue weighted by molar-refractivity contribution is 7.99. The largest absolute Gasteiger partial charge is 0.493 e. The molecule has 35 heavy (non-hydrogen) atoms. The molecule has 0 aliphatic rings. The van der Waals surface area contributed by atoms with E-state index in [0.29, 0.717) is 39.9 Å². The van der Waals surface area contributed by atoms with Gasteiger partial charge < -0.3 is 14.4 Å². The minimum Gasteiger partial charge on any atom is -0.493 e. The number of hydrogen-bond acceptors (Lipinski definition) is 7. The van der Waals surface area contributed by atoms with Crippen molar-refractivity contribution in [2.45, 2.75) is 18.6 Å². The molecule has 1 amide bonds. The lowest BCUT2D eigenvalue weighted by Gasteiger charge is -2.19. The molecule has 2 aromatic carbocycles. The summed E-state index contributed by atoms with van der Waals surface area (Å²) >= 11 is 1.21. The van der Waals surface area contributed by atoms with E-state index < -0.39 is 0 Å². The van der Waals surface area contributed by atoms with Crippen molar-refractivity contribution in [1.29, 1.82) is 0 Å². The number of thioether (sulfide) groups is 1. The topological polar surface area (TPSA) is 86.6 Å². The summed E-state index contributed by atoms with van der Waals surface area (Å²) in [5.74, 6) is 1.71. The Hall–Kier alpha value is -3.85. The van der Waals surface area contributed by atoms with Gasteiger partial charge in [0.15, 0.2) is 16.7 Å². The first-order valence-electron chi connectivity index (χ1n) is 10.9. The van der Waals surface area contributed by atoms with Gasteiger partial charge >= 0.3 is 0 Å². The van der Waals surface area contributed by atoms with Crippen molar-refractivity contribution in [1.82, 2.24) is 19.4 Å². The van der Waals surface area contributed by atoms with E-state index in [2.05, 4.69) is 9.97 Å². The van der Waals surface area contributed by atoms with Gasteiger partial charge in [0.25, 0.3) is 5.56 Å². The molecule has 0 bridgehead atoms. The van der Waals surface area contributed by atoms with Crippen LogP contribution in [0.25, 0.3) is 16.7 Å². The molecule has 9 heteroatoms. The molecule has 4 aromatic rings. The zero-order chi connectivity index (χ0) is 24.9. The first kappa shape index (κ1) is 24.3. The summed E-state index contributed by atoms with van der Waals surface area (Å²) in [6.07, 6.45) is 1.70. The third-order valence-electron chi connectivity index (χ3n) is 5.49. The maximum absolute atomic E-state index is 13.3. The molecule has 0 spiro atoms. The molecule has 0 aliphatic heterocycles. The number of carbonyl (C=O) groups is 1. The van der Waals surface area contributed by atoms with Crippen LogP contribution in [0.15, 0.2) is 70.7 Å². The van der Waals surface area contributed by atoms with Crippen LogP contribution in [0.5, 0.6) is 11.5 Å². The lowest BCUT2D eigenvalue weighted by molar-refractivity contribution is -0.127. The average molecular weight is 491 g/mol. The number of amides is 1. The summed E-state index contributed by atoms with van der Waals surface area (Å²) < 4.78 is 12.1. The van der Waals surface area contributed by atoms with E-state index in [4.69, 9.17) is 9.47 Å².